The van der Waals surface area contributed by atoms with E-state index in [1.165, 1.54) is 5.56 Å². The number of nitrogens with zero attached hydrogens (tertiary/aromatic N) is 2. The number of aryl methyl sites for hydroxylation is 1. The van der Waals surface area contributed by atoms with Crippen LogP contribution in [0.3, 0.4) is 0 Å². The number of hydrogen-bond acceptors (Lipinski definition) is 3. The summed E-state index contributed by atoms with van der Waals surface area (Å²) < 4.78 is 0. The molecule has 0 fully saturated rings. The molecule has 0 atom stereocenters. The summed E-state index contributed by atoms with van der Waals surface area (Å²) >= 11 is 0. The van der Waals surface area contributed by atoms with Crippen LogP contribution in [0.5, 0.6) is 0 Å². The number of aromatic nitrogens is 2. The first kappa shape index (κ1) is 16.9. The molecule has 0 aliphatic heterocycles. The van der Waals surface area contributed by atoms with Crippen molar-refractivity contribution in [2.24, 2.45) is 0 Å². The third kappa shape index (κ3) is 3.62. The average Bonchev–Trinajstić information content (AvgIpc) is 2.64. The minimum atomic E-state index is 0. The molecule has 0 spiro atoms. The predicted octanol–water partition coefficient (Wildman–Crippen LogP) is 5.77. The Labute approximate surface area is 153 Å². The van der Waals surface area contributed by atoms with Crippen LogP contribution in [0.2, 0.25) is 0 Å². The van der Waals surface area contributed by atoms with Crippen LogP contribution in [0.1, 0.15) is 5.56 Å². The minimum absolute atomic E-state index is 0. The van der Waals surface area contributed by atoms with Crippen molar-refractivity contribution in [3.63, 3.8) is 0 Å². The Morgan fingerprint density at radius 2 is 1.68 bits per heavy atom. The van der Waals surface area contributed by atoms with E-state index >= 15 is 0 Å². The van der Waals surface area contributed by atoms with Crippen LogP contribution in [0.4, 0.5) is 11.4 Å². The number of hydrogen-bond donors (Lipinski definition) is 1. The van der Waals surface area contributed by atoms with Gasteiger partial charge in [-0.05, 0) is 43.3 Å². The van der Waals surface area contributed by atoms with Crippen molar-refractivity contribution in [1.29, 1.82) is 0 Å². The number of halogens is 1. The van der Waals surface area contributed by atoms with Gasteiger partial charge in [-0.15, -0.1) is 12.4 Å². The monoisotopic (exact) mass is 347 g/mol. The molecule has 1 N–H and O–H groups in total. The van der Waals surface area contributed by atoms with Gasteiger partial charge in [-0.2, -0.15) is 0 Å². The first-order chi connectivity index (χ1) is 11.8. The first-order valence-corrected chi connectivity index (χ1v) is 7.93. The third-order valence-electron chi connectivity index (χ3n) is 4.00. The summed E-state index contributed by atoms with van der Waals surface area (Å²) in [4.78, 5) is 8.99. The van der Waals surface area contributed by atoms with E-state index in [4.69, 9.17) is 4.98 Å². The van der Waals surface area contributed by atoms with Crippen LogP contribution in [0.15, 0.2) is 79.1 Å². The average molecular weight is 348 g/mol. The van der Waals surface area contributed by atoms with Gasteiger partial charge in [0.05, 0.1) is 16.9 Å². The Morgan fingerprint density at radius 3 is 2.44 bits per heavy atom. The molecule has 124 valence electrons. The fourth-order valence-corrected chi connectivity index (χ4v) is 2.73. The Bertz CT molecular complexity index is 983. The van der Waals surface area contributed by atoms with Gasteiger partial charge in [-0.3, -0.25) is 4.98 Å². The highest BCUT2D eigenvalue weighted by molar-refractivity contribution is 5.95. The number of nitrogens with one attached hydrogen (secondary N) is 1. The Balaban J connectivity index is 0.00000182. The fourth-order valence-electron chi connectivity index (χ4n) is 2.73. The summed E-state index contributed by atoms with van der Waals surface area (Å²) in [5.74, 6) is 0. The zero-order chi connectivity index (χ0) is 16.4. The fraction of sp³-hybridized carbons (Fsp3) is 0.0476. The van der Waals surface area contributed by atoms with Gasteiger partial charge in [-0.1, -0.05) is 35.9 Å². The van der Waals surface area contributed by atoms with Crippen molar-refractivity contribution < 1.29 is 0 Å². The van der Waals surface area contributed by atoms with Crippen LogP contribution in [0.25, 0.3) is 22.2 Å². The summed E-state index contributed by atoms with van der Waals surface area (Å²) in [6.07, 6.45) is 3.61. The van der Waals surface area contributed by atoms with Crippen molar-refractivity contribution in [3.05, 3.63) is 84.7 Å². The highest BCUT2D eigenvalue weighted by Crippen LogP contribution is 2.30. The lowest BCUT2D eigenvalue weighted by Gasteiger charge is -2.12. The molecule has 2 aromatic carbocycles. The number of fused-ring (bicyclic) bond motifs is 1. The number of benzene rings is 2. The summed E-state index contributed by atoms with van der Waals surface area (Å²) in [5, 5.41) is 4.63. The molecule has 2 heterocycles. The molecule has 2 aromatic heterocycles. The van der Waals surface area contributed by atoms with E-state index in [1.807, 2.05) is 36.5 Å². The van der Waals surface area contributed by atoms with E-state index in [0.29, 0.717) is 0 Å². The van der Waals surface area contributed by atoms with Gasteiger partial charge in [0.15, 0.2) is 0 Å². The molecule has 25 heavy (non-hydrogen) atoms. The van der Waals surface area contributed by atoms with E-state index in [0.717, 1.165) is 33.5 Å². The second kappa shape index (κ2) is 7.32. The molecule has 4 heteroatoms. The normalized spacial score (nSPS) is 10.3. The Hall–Kier alpha value is -2.91. The first-order valence-electron chi connectivity index (χ1n) is 7.93. The van der Waals surface area contributed by atoms with Gasteiger partial charge in [0.1, 0.15) is 0 Å². The predicted molar refractivity (Wildman–Crippen MR) is 107 cm³/mol. The maximum Gasteiger partial charge on any atom is 0.0745 e. The molecule has 0 aliphatic carbocycles. The molecule has 0 saturated heterocycles. The zero-order valence-corrected chi connectivity index (χ0v) is 14.6. The summed E-state index contributed by atoms with van der Waals surface area (Å²) in [6, 6.07) is 22.6. The second-order valence-corrected chi connectivity index (χ2v) is 5.80. The maximum atomic E-state index is 4.78. The standard InChI is InChI=1S/C21H17N3.ClH/c1-15-8-10-17(11-9-15)23-21-13-20(16-5-4-12-22-14-16)24-19-7-3-2-6-18(19)21;/h2-14H,1H3,(H,23,24);1H. The van der Waals surface area contributed by atoms with Crippen molar-refractivity contribution >= 4 is 34.7 Å². The molecule has 3 nitrogen and oxygen atoms in total. The second-order valence-electron chi connectivity index (χ2n) is 5.80. The van der Waals surface area contributed by atoms with Gasteiger partial charge >= 0.3 is 0 Å². The van der Waals surface area contributed by atoms with E-state index < -0.39 is 0 Å². The van der Waals surface area contributed by atoms with Crippen LogP contribution in [-0.2, 0) is 0 Å². The van der Waals surface area contributed by atoms with Crippen molar-refractivity contribution in [2.45, 2.75) is 6.92 Å². The largest absolute Gasteiger partial charge is 0.355 e. The molecule has 0 amide bonds. The van der Waals surface area contributed by atoms with Gasteiger partial charge in [0, 0.05) is 29.0 Å². The number of para-hydroxylation sites is 1. The van der Waals surface area contributed by atoms with Crippen LogP contribution < -0.4 is 5.32 Å². The molecule has 0 bridgehead atoms. The summed E-state index contributed by atoms with van der Waals surface area (Å²) in [5.41, 5.74) is 6.24. The van der Waals surface area contributed by atoms with Crippen LogP contribution >= 0.6 is 12.4 Å². The summed E-state index contributed by atoms with van der Waals surface area (Å²) in [7, 11) is 0. The van der Waals surface area contributed by atoms with E-state index in [-0.39, 0.29) is 12.4 Å². The summed E-state index contributed by atoms with van der Waals surface area (Å²) in [6.45, 7) is 2.09. The highest BCUT2D eigenvalue weighted by atomic mass is 35.5. The molecule has 0 aliphatic rings. The molecule has 0 unspecified atom stereocenters. The molecular weight excluding hydrogens is 330 g/mol. The lowest BCUT2D eigenvalue weighted by molar-refractivity contribution is 1.30. The number of anilines is 2. The van der Waals surface area contributed by atoms with Gasteiger partial charge < -0.3 is 5.32 Å². The van der Waals surface area contributed by atoms with Gasteiger partial charge in [-0.25, -0.2) is 4.98 Å². The molecule has 4 aromatic rings. The van der Waals surface area contributed by atoms with Crippen molar-refractivity contribution in [1.82, 2.24) is 9.97 Å². The van der Waals surface area contributed by atoms with Crippen LogP contribution in [-0.4, -0.2) is 9.97 Å². The molecule has 4 rings (SSSR count). The molecular formula is C21H18ClN3. The number of pyridine rings is 2. The van der Waals surface area contributed by atoms with E-state index in [1.54, 1.807) is 6.20 Å². The highest BCUT2D eigenvalue weighted by Gasteiger charge is 2.08. The van der Waals surface area contributed by atoms with Crippen molar-refractivity contribution in [2.75, 3.05) is 5.32 Å². The molecule has 0 radical (unpaired) electrons. The lowest BCUT2D eigenvalue weighted by atomic mass is 10.1. The Morgan fingerprint density at radius 1 is 0.880 bits per heavy atom. The van der Waals surface area contributed by atoms with E-state index in [9.17, 15) is 0 Å². The minimum Gasteiger partial charge on any atom is -0.355 e. The smallest absolute Gasteiger partial charge is 0.0745 e. The van der Waals surface area contributed by atoms with Crippen LogP contribution in [0, 0.1) is 6.92 Å². The SMILES string of the molecule is Cc1ccc(Nc2cc(-c3cccnc3)nc3ccccc23)cc1.Cl. The maximum absolute atomic E-state index is 4.78. The van der Waals surface area contributed by atoms with Gasteiger partial charge in [0.25, 0.3) is 0 Å². The van der Waals surface area contributed by atoms with Crippen molar-refractivity contribution in [3.8, 4) is 11.3 Å². The third-order valence-corrected chi connectivity index (χ3v) is 4.00. The lowest BCUT2D eigenvalue weighted by Crippen LogP contribution is -1.95. The van der Waals surface area contributed by atoms with Gasteiger partial charge in [0.2, 0.25) is 0 Å². The van der Waals surface area contributed by atoms with E-state index in [2.05, 4.69) is 53.6 Å². The zero-order valence-electron chi connectivity index (χ0n) is 13.8. The Kier molecular flexibility index (Phi) is 4.96. The number of rotatable bonds is 3. The quantitative estimate of drug-likeness (QED) is 0.511. The molecule has 0 saturated carbocycles. The topological polar surface area (TPSA) is 37.8 Å².